The van der Waals surface area contributed by atoms with Crippen LogP contribution in [-0.2, 0) is 6.42 Å². The molecule has 0 spiro atoms. The van der Waals surface area contributed by atoms with E-state index in [4.69, 9.17) is 0 Å². The van der Waals surface area contributed by atoms with Crippen molar-refractivity contribution >= 4 is 11.6 Å². The van der Waals surface area contributed by atoms with Crippen LogP contribution >= 0.6 is 0 Å². The average molecular weight is 240 g/mol. The second kappa shape index (κ2) is 5.45. The van der Waals surface area contributed by atoms with Gasteiger partial charge in [0.1, 0.15) is 0 Å². The number of benzene rings is 1. The number of hydrogen-bond donors (Lipinski definition) is 1. The highest BCUT2D eigenvalue weighted by molar-refractivity contribution is 6.05. The first-order valence-electron chi connectivity index (χ1n) is 6.02. The van der Waals surface area contributed by atoms with Crippen LogP contribution in [0.25, 0.3) is 0 Å². The quantitative estimate of drug-likeness (QED) is 0.895. The zero-order chi connectivity index (χ0) is 13.0. The molecular weight excluding hydrogens is 224 g/mol. The summed E-state index contributed by atoms with van der Waals surface area (Å²) in [6.07, 6.45) is 4.17. The summed E-state index contributed by atoms with van der Waals surface area (Å²) in [7, 11) is 0. The van der Waals surface area contributed by atoms with Gasteiger partial charge >= 0.3 is 0 Å². The van der Waals surface area contributed by atoms with E-state index in [-0.39, 0.29) is 5.91 Å². The lowest BCUT2D eigenvalue weighted by molar-refractivity contribution is 0.102. The van der Waals surface area contributed by atoms with Gasteiger partial charge in [-0.3, -0.25) is 9.78 Å². The Bertz CT molecular complexity index is 564. The number of amides is 1. The summed E-state index contributed by atoms with van der Waals surface area (Å²) >= 11 is 0. The molecule has 1 heterocycles. The van der Waals surface area contributed by atoms with Crippen molar-refractivity contribution in [2.45, 2.75) is 20.3 Å². The maximum atomic E-state index is 12.2. The van der Waals surface area contributed by atoms with Crippen molar-refractivity contribution in [3.05, 3.63) is 59.4 Å². The SMILES string of the molecule is CCc1ccccc1NC(=O)c1cnccc1C. The van der Waals surface area contributed by atoms with E-state index in [9.17, 15) is 4.79 Å². The summed E-state index contributed by atoms with van der Waals surface area (Å²) in [5.41, 5.74) is 3.54. The van der Waals surface area contributed by atoms with Crippen molar-refractivity contribution in [3.63, 3.8) is 0 Å². The van der Waals surface area contributed by atoms with E-state index >= 15 is 0 Å². The first-order chi connectivity index (χ1) is 8.72. The molecule has 1 N–H and O–H groups in total. The van der Waals surface area contributed by atoms with Crippen LogP contribution in [0.15, 0.2) is 42.7 Å². The number of hydrogen-bond acceptors (Lipinski definition) is 2. The Morgan fingerprint density at radius 2 is 2.06 bits per heavy atom. The highest BCUT2D eigenvalue weighted by atomic mass is 16.1. The van der Waals surface area contributed by atoms with Gasteiger partial charge in [0.2, 0.25) is 0 Å². The van der Waals surface area contributed by atoms with Crippen LogP contribution in [0.2, 0.25) is 0 Å². The molecule has 0 atom stereocenters. The molecule has 0 aliphatic carbocycles. The van der Waals surface area contributed by atoms with Gasteiger partial charge in [0, 0.05) is 18.1 Å². The Labute approximate surface area is 107 Å². The number of aryl methyl sites for hydroxylation is 2. The minimum absolute atomic E-state index is 0.110. The molecular formula is C15H16N2O. The first-order valence-corrected chi connectivity index (χ1v) is 6.02. The van der Waals surface area contributed by atoms with Gasteiger partial charge in [0.15, 0.2) is 0 Å². The number of rotatable bonds is 3. The number of carbonyl (C=O) groups excluding carboxylic acids is 1. The number of anilines is 1. The van der Waals surface area contributed by atoms with Crippen molar-refractivity contribution < 1.29 is 4.79 Å². The average Bonchev–Trinajstić information content (AvgIpc) is 2.39. The highest BCUT2D eigenvalue weighted by Gasteiger charge is 2.10. The summed E-state index contributed by atoms with van der Waals surface area (Å²) < 4.78 is 0. The monoisotopic (exact) mass is 240 g/mol. The standard InChI is InChI=1S/C15H16N2O/c1-3-12-6-4-5-7-14(12)17-15(18)13-10-16-9-8-11(13)2/h4-10H,3H2,1-2H3,(H,17,18). The molecule has 0 aliphatic heterocycles. The molecule has 0 bridgehead atoms. The van der Waals surface area contributed by atoms with Crippen LogP contribution in [0.3, 0.4) is 0 Å². The summed E-state index contributed by atoms with van der Waals surface area (Å²) in [5.74, 6) is -0.110. The number of pyridine rings is 1. The summed E-state index contributed by atoms with van der Waals surface area (Å²) in [6.45, 7) is 3.97. The van der Waals surface area contributed by atoms with Crippen molar-refractivity contribution in [2.24, 2.45) is 0 Å². The van der Waals surface area contributed by atoms with Gasteiger partial charge in [-0.2, -0.15) is 0 Å². The van der Waals surface area contributed by atoms with Gasteiger partial charge in [-0.25, -0.2) is 0 Å². The summed E-state index contributed by atoms with van der Waals surface area (Å²) in [5, 5.41) is 2.94. The maximum absolute atomic E-state index is 12.2. The number of nitrogens with zero attached hydrogens (tertiary/aromatic N) is 1. The van der Waals surface area contributed by atoms with Crippen LogP contribution < -0.4 is 5.32 Å². The molecule has 1 aromatic carbocycles. The Morgan fingerprint density at radius 1 is 1.28 bits per heavy atom. The van der Waals surface area contributed by atoms with Gasteiger partial charge in [0.05, 0.1) is 5.56 Å². The smallest absolute Gasteiger partial charge is 0.257 e. The zero-order valence-electron chi connectivity index (χ0n) is 10.6. The van der Waals surface area contributed by atoms with Gasteiger partial charge in [-0.05, 0) is 36.6 Å². The number of aromatic nitrogens is 1. The minimum atomic E-state index is -0.110. The fourth-order valence-electron chi connectivity index (χ4n) is 1.84. The molecule has 0 unspecified atom stereocenters. The van der Waals surface area contributed by atoms with E-state index < -0.39 is 0 Å². The van der Waals surface area contributed by atoms with Gasteiger partial charge in [-0.1, -0.05) is 25.1 Å². The third kappa shape index (κ3) is 2.56. The molecule has 1 amide bonds. The van der Waals surface area contributed by atoms with Crippen LogP contribution in [0.5, 0.6) is 0 Å². The van der Waals surface area contributed by atoms with E-state index in [1.54, 1.807) is 12.4 Å². The summed E-state index contributed by atoms with van der Waals surface area (Å²) in [6, 6.07) is 9.67. The molecule has 18 heavy (non-hydrogen) atoms. The fourth-order valence-corrected chi connectivity index (χ4v) is 1.84. The molecule has 0 fully saturated rings. The topological polar surface area (TPSA) is 42.0 Å². The van der Waals surface area contributed by atoms with Crippen molar-refractivity contribution in [2.75, 3.05) is 5.32 Å². The molecule has 2 aromatic rings. The lowest BCUT2D eigenvalue weighted by Gasteiger charge is -2.10. The van der Waals surface area contributed by atoms with Crippen molar-refractivity contribution in [1.29, 1.82) is 0 Å². The zero-order valence-corrected chi connectivity index (χ0v) is 10.6. The predicted octanol–water partition coefficient (Wildman–Crippen LogP) is 3.20. The third-order valence-corrected chi connectivity index (χ3v) is 2.93. The van der Waals surface area contributed by atoms with E-state index in [0.717, 1.165) is 23.2 Å². The number of para-hydroxylation sites is 1. The molecule has 3 nitrogen and oxygen atoms in total. The van der Waals surface area contributed by atoms with Crippen LogP contribution in [0.4, 0.5) is 5.69 Å². The van der Waals surface area contributed by atoms with E-state index in [2.05, 4.69) is 17.2 Å². The summed E-state index contributed by atoms with van der Waals surface area (Å²) in [4.78, 5) is 16.1. The van der Waals surface area contributed by atoms with Gasteiger partial charge < -0.3 is 5.32 Å². The molecule has 92 valence electrons. The van der Waals surface area contributed by atoms with Crippen LogP contribution in [-0.4, -0.2) is 10.9 Å². The molecule has 2 rings (SSSR count). The number of carbonyl (C=O) groups is 1. The van der Waals surface area contributed by atoms with E-state index in [0.29, 0.717) is 5.56 Å². The van der Waals surface area contributed by atoms with Crippen LogP contribution in [0, 0.1) is 6.92 Å². The van der Waals surface area contributed by atoms with Gasteiger partial charge in [-0.15, -0.1) is 0 Å². The molecule has 0 saturated carbocycles. The highest BCUT2D eigenvalue weighted by Crippen LogP contribution is 2.17. The lowest BCUT2D eigenvalue weighted by Crippen LogP contribution is -2.14. The van der Waals surface area contributed by atoms with E-state index in [1.165, 1.54) is 0 Å². The second-order valence-electron chi connectivity index (χ2n) is 4.16. The maximum Gasteiger partial charge on any atom is 0.257 e. The molecule has 0 aliphatic rings. The number of nitrogens with one attached hydrogen (secondary N) is 1. The molecule has 0 radical (unpaired) electrons. The molecule has 1 aromatic heterocycles. The predicted molar refractivity (Wildman–Crippen MR) is 72.7 cm³/mol. The Hall–Kier alpha value is -2.16. The normalized spacial score (nSPS) is 10.1. The minimum Gasteiger partial charge on any atom is -0.322 e. The van der Waals surface area contributed by atoms with Crippen molar-refractivity contribution in [3.8, 4) is 0 Å². The van der Waals surface area contributed by atoms with E-state index in [1.807, 2.05) is 37.3 Å². The first kappa shape index (κ1) is 12.3. The molecule has 3 heteroatoms. The third-order valence-electron chi connectivity index (χ3n) is 2.93. The second-order valence-corrected chi connectivity index (χ2v) is 4.16. The Kier molecular flexibility index (Phi) is 3.72. The van der Waals surface area contributed by atoms with Crippen LogP contribution in [0.1, 0.15) is 28.4 Å². The molecule has 0 saturated heterocycles. The van der Waals surface area contributed by atoms with Crippen molar-refractivity contribution in [1.82, 2.24) is 4.98 Å². The Morgan fingerprint density at radius 3 is 2.78 bits per heavy atom. The van der Waals surface area contributed by atoms with Gasteiger partial charge in [0.25, 0.3) is 5.91 Å². The largest absolute Gasteiger partial charge is 0.322 e. The Balaban J connectivity index is 2.24. The fraction of sp³-hybridized carbons (Fsp3) is 0.200. The lowest BCUT2D eigenvalue weighted by atomic mass is 10.1.